The second-order valence-corrected chi connectivity index (χ2v) is 9.10. The van der Waals surface area contributed by atoms with E-state index in [1.807, 2.05) is 36.4 Å². The van der Waals surface area contributed by atoms with Gasteiger partial charge in [-0.1, -0.05) is 32.0 Å². The first-order valence-corrected chi connectivity index (χ1v) is 11.5. The van der Waals surface area contributed by atoms with E-state index < -0.39 is 0 Å². The zero-order chi connectivity index (χ0) is 22.8. The molecule has 1 aromatic heterocycles. The molecule has 0 saturated carbocycles. The summed E-state index contributed by atoms with van der Waals surface area (Å²) >= 11 is 0. The van der Waals surface area contributed by atoms with Gasteiger partial charge in [-0.05, 0) is 54.2 Å². The van der Waals surface area contributed by atoms with Gasteiger partial charge in [-0.2, -0.15) is 0 Å². The number of para-hydroxylation sites is 1. The number of nitrogens with zero attached hydrogens (tertiary/aromatic N) is 2. The van der Waals surface area contributed by atoms with Crippen LogP contribution >= 0.6 is 0 Å². The molecular formula is C26H29N3O4. The number of anilines is 1. The Morgan fingerprint density at radius 1 is 1.09 bits per heavy atom. The van der Waals surface area contributed by atoms with Crippen molar-refractivity contribution < 1.29 is 19.0 Å². The Hall–Kier alpha value is -3.48. The Kier molecular flexibility index (Phi) is 5.94. The van der Waals surface area contributed by atoms with Crippen LogP contribution in [-0.4, -0.2) is 37.4 Å². The molecular weight excluding hydrogens is 418 g/mol. The summed E-state index contributed by atoms with van der Waals surface area (Å²) in [6.07, 6.45) is 1.25. The molecule has 0 bridgehead atoms. The van der Waals surface area contributed by atoms with Crippen LogP contribution in [-0.2, 0) is 11.3 Å². The van der Waals surface area contributed by atoms with Gasteiger partial charge in [-0.3, -0.25) is 4.79 Å². The van der Waals surface area contributed by atoms with Gasteiger partial charge in [0.1, 0.15) is 17.1 Å². The van der Waals surface area contributed by atoms with E-state index in [1.54, 1.807) is 0 Å². The van der Waals surface area contributed by atoms with Gasteiger partial charge in [0, 0.05) is 25.0 Å². The number of piperidine rings is 1. The van der Waals surface area contributed by atoms with E-state index in [1.165, 1.54) is 6.42 Å². The number of ether oxygens (including phenoxy) is 3. The lowest BCUT2D eigenvalue weighted by atomic mass is 9.92. The molecule has 1 fully saturated rings. The first-order chi connectivity index (χ1) is 16.0. The molecule has 2 aliphatic heterocycles. The van der Waals surface area contributed by atoms with Crippen LogP contribution in [0, 0.1) is 11.8 Å². The molecule has 2 aliphatic rings. The highest BCUT2D eigenvalue weighted by Gasteiger charge is 2.23. The van der Waals surface area contributed by atoms with Crippen LogP contribution < -0.4 is 24.4 Å². The molecule has 0 spiro atoms. The van der Waals surface area contributed by atoms with Crippen LogP contribution in [0.25, 0.3) is 10.9 Å². The minimum Gasteiger partial charge on any atom is -0.481 e. The van der Waals surface area contributed by atoms with E-state index >= 15 is 0 Å². The predicted molar refractivity (Wildman–Crippen MR) is 127 cm³/mol. The van der Waals surface area contributed by atoms with Gasteiger partial charge in [0.05, 0.1) is 0 Å². The molecule has 1 saturated heterocycles. The van der Waals surface area contributed by atoms with Crippen molar-refractivity contribution in [2.45, 2.75) is 26.8 Å². The fourth-order valence-electron chi connectivity index (χ4n) is 4.70. The van der Waals surface area contributed by atoms with E-state index in [0.717, 1.165) is 41.1 Å². The SMILES string of the molecule is CC1CC(C)CN(c2ccc3cccc(OCC(=O)NCc4ccc5c(c4)OCO5)c3n2)C1. The number of hydrogen-bond donors (Lipinski definition) is 1. The third-order valence-corrected chi connectivity index (χ3v) is 6.15. The lowest BCUT2D eigenvalue weighted by Crippen LogP contribution is -2.39. The van der Waals surface area contributed by atoms with Gasteiger partial charge in [-0.15, -0.1) is 0 Å². The Labute approximate surface area is 193 Å². The van der Waals surface area contributed by atoms with E-state index in [4.69, 9.17) is 19.2 Å². The van der Waals surface area contributed by atoms with Gasteiger partial charge >= 0.3 is 0 Å². The Morgan fingerprint density at radius 2 is 1.91 bits per heavy atom. The molecule has 172 valence electrons. The normalized spacial score (nSPS) is 19.5. The zero-order valence-corrected chi connectivity index (χ0v) is 19.0. The molecule has 2 atom stereocenters. The van der Waals surface area contributed by atoms with Gasteiger partial charge in [-0.25, -0.2) is 4.98 Å². The monoisotopic (exact) mass is 447 g/mol. The van der Waals surface area contributed by atoms with Crippen molar-refractivity contribution >= 4 is 22.6 Å². The van der Waals surface area contributed by atoms with Crippen molar-refractivity contribution in [1.82, 2.24) is 10.3 Å². The van der Waals surface area contributed by atoms with E-state index in [0.29, 0.717) is 29.9 Å². The molecule has 3 aromatic rings. The molecule has 0 radical (unpaired) electrons. The number of carbonyl (C=O) groups is 1. The summed E-state index contributed by atoms with van der Waals surface area (Å²) in [5.41, 5.74) is 1.72. The van der Waals surface area contributed by atoms with Crippen LogP contribution in [0.15, 0.2) is 48.5 Å². The maximum atomic E-state index is 12.4. The first-order valence-electron chi connectivity index (χ1n) is 11.5. The van der Waals surface area contributed by atoms with Crippen LogP contribution in [0.1, 0.15) is 25.8 Å². The van der Waals surface area contributed by atoms with Crippen LogP contribution in [0.4, 0.5) is 5.82 Å². The van der Waals surface area contributed by atoms with Crippen molar-refractivity contribution in [3.63, 3.8) is 0 Å². The smallest absolute Gasteiger partial charge is 0.258 e. The molecule has 1 N–H and O–H groups in total. The second-order valence-electron chi connectivity index (χ2n) is 9.10. The molecule has 1 amide bonds. The average molecular weight is 448 g/mol. The quantitative estimate of drug-likeness (QED) is 0.612. The van der Waals surface area contributed by atoms with Crippen molar-refractivity contribution in [2.24, 2.45) is 11.8 Å². The molecule has 33 heavy (non-hydrogen) atoms. The minimum atomic E-state index is -0.195. The first kappa shape index (κ1) is 21.4. The number of carbonyl (C=O) groups excluding carboxylic acids is 1. The van der Waals surface area contributed by atoms with E-state index in [9.17, 15) is 4.79 Å². The van der Waals surface area contributed by atoms with Crippen LogP contribution in [0.3, 0.4) is 0 Å². The highest BCUT2D eigenvalue weighted by molar-refractivity contribution is 5.86. The molecule has 2 aromatic carbocycles. The van der Waals surface area contributed by atoms with Gasteiger partial charge in [0.2, 0.25) is 6.79 Å². The maximum Gasteiger partial charge on any atom is 0.258 e. The summed E-state index contributed by atoms with van der Waals surface area (Å²) in [6.45, 7) is 7.15. The van der Waals surface area contributed by atoms with Gasteiger partial charge < -0.3 is 24.4 Å². The number of pyridine rings is 1. The molecule has 2 unspecified atom stereocenters. The summed E-state index contributed by atoms with van der Waals surface area (Å²) < 4.78 is 16.6. The van der Waals surface area contributed by atoms with Gasteiger partial charge in [0.25, 0.3) is 5.91 Å². The number of rotatable bonds is 6. The van der Waals surface area contributed by atoms with E-state index in [2.05, 4.69) is 36.2 Å². The molecule has 0 aliphatic carbocycles. The predicted octanol–water partition coefficient (Wildman–Crippen LogP) is 4.14. The maximum absolute atomic E-state index is 12.4. The van der Waals surface area contributed by atoms with Crippen molar-refractivity contribution in [2.75, 3.05) is 31.4 Å². The number of nitrogens with one attached hydrogen (secondary N) is 1. The Morgan fingerprint density at radius 3 is 2.76 bits per heavy atom. The van der Waals surface area contributed by atoms with Crippen LogP contribution in [0.2, 0.25) is 0 Å². The van der Waals surface area contributed by atoms with Crippen molar-refractivity contribution in [3.8, 4) is 17.2 Å². The summed E-state index contributed by atoms with van der Waals surface area (Å²) in [4.78, 5) is 19.7. The van der Waals surface area contributed by atoms with Gasteiger partial charge in [0.15, 0.2) is 18.1 Å². The Bertz CT molecular complexity index is 1160. The number of amides is 1. The average Bonchev–Trinajstić information content (AvgIpc) is 3.28. The largest absolute Gasteiger partial charge is 0.481 e. The second kappa shape index (κ2) is 9.17. The third kappa shape index (κ3) is 4.82. The molecule has 5 rings (SSSR count). The summed E-state index contributed by atoms with van der Waals surface area (Å²) in [5.74, 6) is 4.10. The minimum absolute atomic E-state index is 0.0760. The lowest BCUT2D eigenvalue weighted by Gasteiger charge is -2.35. The van der Waals surface area contributed by atoms with E-state index in [-0.39, 0.29) is 19.3 Å². The topological polar surface area (TPSA) is 72.9 Å². The number of fused-ring (bicyclic) bond motifs is 2. The highest BCUT2D eigenvalue weighted by atomic mass is 16.7. The highest BCUT2D eigenvalue weighted by Crippen LogP contribution is 2.32. The lowest BCUT2D eigenvalue weighted by molar-refractivity contribution is -0.123. The number of benzene rings is 2. The summed E-state index contributed by atoms with van der Waals surface area (Å²) in [7, 11) is 0. The number of hydrogen-bond acceptors (Lipinski definition) is 6. The third-order valence-electron chi connectivity index (χ3n) is 6.15. The molecule has 7 nitrogen and oxygen atoms in total. The fraction of sp³-hybridized carbons (Fsp3) is 0.385. The van der Waals surface area contributed by atoms with Crippen molar-refractivity contribution in [1.29, 1.82) is 0 Å². The zero-order valence-electron chi connectivity index (χ0n) is 19.0. The Balaban J connectivity index is 1.24. The number of aromatic nitrogens is 1. The molecule has 7 heteroatoms. The fourth-order valence-corrected chi connectivity index (χ4v) is 4.70. The summed E-state index contributed by atoms with van der Waals surface area (Å²) in [6, 6.07) is 15.6. The van der Waals surface area contributed by atoms with Crippen LogP contribution in [0.5, 0.6) is 17.2 Å². The molecule has 3 heterocycles. The standard InChI is InChI=1S/C26H29N3O4/c1-17-10-18(2)14-29(13-17)24-9-7-20-4-3-5-22(26(20)28-24)31-15-25(30)27-12-19-6-8-21-23(11-19)33-16-32-21/h3-9,11,17-18H,10,12-16H2,1-2H3,(H,27,30). The summed E-state index contributed by atoms with van der Waals surface area (Å²) in [5, 5.41) is 3.89. The van der Waals surface area contributed by atoms with Crippen molar-refractivity contribution in [3.05, 3.63) is 54.1 Å².